The van der Waals surface area contributed by atoms with Crippen molar-refractivity contribution < 1.29 is 9.22 Å². The van der Waals surface area contributed by atoms with Crippen LogP contribution >= 0.6 is 0 Å². The molecule has 0 aromatic carbocycles. The molecule has 3 nitrogen and oxygen atoms in total. The van der Waals surface area contributed by atoms with Gasteiger partial charge in [0.2, 0.25) is 5.91 Å². The molecule has 0 aromatic rings. The van der Waals surface area contributed by atoms with Crippen LogP contribution in [-0.2, 0) is 9.22 Å². The van der Waals surface area contributed by atoms with Gasteiger partial charge in [-0.15, -0.1) is 0 Å². The molecule has 1 rings (SSSR count). The largest absolute Gasteiger partial charge is 0.423 e. The molecule has 112 valence electrons. The van der Waals surface area contributed by atoms with Gasteiger partial charge >= 0.3 is 0 Å². The van der Waals surface area contributed by atoms with Crippen molar-refractivity contribution >= 4 is 16.4 Å². The maximum atomic E-state index is 11.9. The molecule has 0 saturated carbocycles. The van der Waals surface area contributed by atoms with Crippen LogP contribution in [0.1, 0.15) is 65.7 Å². The summed E-state index contributed by atoms with van der Waals surface area (Å²) in [6.07, 6.45) is 7.68. The molecule has 1 fully saturated rings. The van der Waals surface area contributed by atoms with Crippen LogP contribution in [0.5, 0.6) is 0 Å². The van der Waals surface area contributed by atoms with E-state index in [1.54, 1.807) is 0 Å². The van der Waals surface area contributed by atoms with Crippen LogP contribution in [0.25, 0.3) is 0 Å². The van der Waals surface area contributed by atoms with E-state index in [1.807, 2.05) is 0 Å². The van der Waals surface area contributed by atoms with Gasteiger partial charge in [0.05, 0.1) is 0 Å². The van der Waals surface area contributed by atoms with Gasteiger partial charge in [0, 0.05) is 25.1 Å². The Labute approximate surface area is 121 Å². The van der Waals surface area contributed by atoms with Crippen LogP contribution in [-0.4, -0.2) is 40.0 Å². The van der Waals surface area contributed by atoms with Gasteiger partial charge < -0.3 is 9.33 Å². The topological polar surface area (TPSA) is 29.5 Å². The number of hydrogen-bond acceptors (Lipinski definition) is 2. The predicted molar refractivity (Wildman–Crippen MR) is 83.2 cm³/mol. The van der Waals surface area contributed by atoms with Crippen LogP contribution in [0.15, 0.2) is 0 Å². The molecule has 4 heteroatoms. The van der Waals surface area contributed by atoms with Crippen molar-refractivity contribution in [2.75, 3.05) is 13.1 Å². The second-order valence-corrected chi connectivity index (χ2v) is 7.02. The molecule has 19 heavy (non-hydrogen) atoms. The average Bonchev–Trinajstić information content (AvgIpc) is 2.54. The fourth-order valence-corrected chi connectivity index (χ4v) is 3.10. The van der Waals surface area contributed by atoms with Crippen LogP contribution in [0.3, 0.4) is 0 Å². The summed E-state index contributed by atoms with van der Waals surface area (Å²) in [7, 11) is 0.807. The van der Waals surface area contributed by atoms with E-state index in [1.165, 1.54) is 19.3 Å². The third-order valence-corrected chi connectivity index (χ3v) is 5.29. The highest BCUT2D eigenvalue weighted by Gasteiger charge is 2.20. The van der Waals surface area contributed by atoms with E-state index in [9.17, 15) is 4.79 Å². The fourth-order valence-electron chi connectivity index (χ4n) is 2.93. The summed E-state index contributed by atoms with van der Waals surface area (Å²) in [5, 5.41) is 0. The lowest BCUT2D eigenvalue weighted by atomic mass is 9.91. The Balaban J connectivity index is 2.23. The van der Waals surface area contributed by atoms with Gasteiger partial charge in [-0.05, 0) is 51.9 Å². The lowest BCUT2D eigenvalue weighted by Crippen LogP contribution is -2.31. The van der Waals surface area contributed by atoms with Gasteiger partial charge in [-0.1, -0.05) is 13.3 Å². The number of rotatable bonds is 7. The Hall–Kier alpha value is -0.353. The number of hydrogen-bond donors (Lipinski definition) is 0. The van der Waals surface area contributed by atoms with E-state index in [4.69, 9.17) is 4.43 Å². The van der Waals surface area contributed by atoms with Gasteiger partial charge in [-0.25, -0.2) is 0 Å². The van der Waals surface area contributed by atoms with Crippen molar-refractivity contribution in [3.8, 4) is 0 Å². The first-order valence-electron chi connectivity index (χ1n) is 7.77. The smallest absolute Gasteiger partial charge is 0.222 e. The van der Waals surface area contributed by atoms with Gasteiger partial charge in [-0.2, -0.15) is 0 Å². The second-order valence-electron chi connectivity index (χ2n) is 6.61. The Morgan fingerprint density at radius 1 is 1.37 bits per heavy atom. The summed E-state index contributed by atoms with van der Waals surface area (Å²) in [6, 6.07) is 0. The Kier molecular flexibility index (Phi) is 7.08. The van der Waals surface area contributed by atoms with E-state index in [2.05, 4.69) is 25.7 Å². The van der Waals surface area contributed by atoms with Crippen LogP contribution in [0.2, 0.25) is 0 Å². The summed E-state index contributed by atoms with van der Waals surface area (Å²) in [5.74, 6) is 1.04. The van der Waals surface area contributed by atoms with E-state index >= 15 is 0 Å². The molecule has 1 atom stereocenters. The van der Waals surface area contributed by atoms with E-state index in [-0.39, 0.29) is 5.60 Å². The number of amides is 1. The number of carbonyl (C=O) groups excluding carboxylic acids is 1. The zero-order chi connectivity index (χ0) is 14.3. The monoisotopic (exact) mass is 285 g/mol. The van der Waals surface area contributed by atoms with Crippen molar-refractivity contribution in [3.63, 3.8) is 0 Å². The van der Waals surface area contributed by atoms with Gasteiger partial charge in [0.25, 0.3) is 0 Å². The molecular weight excluding hydrogens is 254 g/mol. The summed E-state index contributed by atoms with van der Waals surface area (Å²) in [6.45, 7) is 8.57. The van der Waals surface area contributed by atoms with E-state index in [0.717, 1.165) is 49.3 Å². The molecule has 0 N–H and O–H groups in total. The number of carbonyl (C=O) groups is 1. The summed E-state index contributed by atoms with van der Waals surface area (Å²) >= 11 is 0. The lowest BCUT2D eigenvalue weighted by Gasteiger charge is -2.28. The number of likely N-dealkylation sites (tertiary alicyclic amines) is 1. The molecule has 1 aliphatic rings. The predicted octanol–water partition coefficient (Wildman–Crippen LogP) is 2.27. The SMILES string of the molecule is CC(CCCN1CCCCCC1=O)CC(C)(C)O[SiH3]. The van der Waals surface area contributed by atoms with E-state index in [0.29, 0.717) is 11.8 Å². The van der Waals surface area contributed by atoms with E-state index < -0.39 is 0 Å². The molecule has 1 aliphatic heterocycles. The summed E-state index contributed by atoms with van der Waals surface area (Å²) < 4.78 is 5.61. The Morgan fingerprint density at radius 2 is 2.11 bits per heavy atom. The summed E-state index contributed by atoms with van der Waals surface area (Å²) in [5.41, 5.74) is 0.0318. The Bertz CT molecular complexity index is 281. The summed E-state index contributed by atoms with van der Waals surface area (Å²) in [4.78, 5) is 14.0. The molecule has 0 aromatic heterocycles. The second kappa shape index (κ2) is 8.05. The third-order valence-electron chi connectivity index (χ3n) is 4.19. The quantitative estimate of drug-likeness (QED) is 0.672. The first-order valence-corrected chi connectivity index (χ1v) is 8.59. The molecule has 0 aliphatic carbocycles. The molecule has 1 unspecified atom stereocenters. The molecule has 1 saturated heterocycles. The molecule has 0 spiro atoms. The van der Waals surface area contributed by atoms with Crippen molar-refractivity contribution in [1.29, 1.82) is 0 Å². The first-order chi connectivity index (χ1) is 8.94. The molecule has 0 bridgehead atoms. The standard InChI is InChI=1S/C15H31NO2Si/c1-13(12-15(2,3)18-19)8-7-11-16-10-6-4-5-9-14(16)17/h13H,4-12H2,1-3,19H3. The zero-order valence-electron chi connectivity index (χ0n) is 13.2. The molecule has 1 amide bonds. The number of nitrogens with zero attached hydrogens (tertiary/aromatic N) is 1. The highest BCUT2D eigenvalue weighted by atomic mass is 28.2. The van der Waals surface area contributed by atoms with Crippen LogP contribution in [0.4, 0.5) is 0 Å². The highest BCUT2D eigenvalue weighted by Crippen LogP contribution is 2.23. The maximum Gasteiger partial charge on any atom is 0.222 e. The molecular formula is C15H31NO2Si. The zero-order valence-corrected chi connectivity index (χ0v) is 15.2. The lowest BCUT2D eigenvalue weighted by molar-refractivity contribution is -0.130. The average molecular weight is 286 g/mol. The van der Waals surface area contributed by atoms with Gasteiger partial charge in [0.15, 0.2) is 0 Å². The van der Waals surface area contributed by atoms with Crippen LogP contribution in [0, 0.1) is 5.92 Å². The minimum Gasteiger partial charge on any atom is -0.423 e. The minimum atomic E-state index is 0.0318. The third kappa shape index (κ3) is 6.57. The maximum absolute atomic E-state index is 11.9. The van der Waals surface area contributed by atoms with Crippen molar-refractivity contribution in [2.45, 2.75) is 71.3 Å². The van der Waals surface area contributed by atoms with Gasteiger partial charge in [0.1, 0.15) is 10.5 Å². The van der Waals surface area contributed by atoms with Gasteiger partial charge in [-0.3, -0.25) is 4.79 Å². The van der Waals surface area contributed by atoms with Crippen molar-refractivity contribution in [2.24, 2.45) is 5.92 Å². The van der Waals surface area contributed by atoms with Crippen molar-refractivity contribution in [1.82, 2.24) is 4.90 Å². The minimum absolute atomic E-state index is 0.0318. The van der Waals surface area contributed by atoms with Crippen LogP contribution < -0.4 is 0 Å². The first kappa shape index (κ1) is 16.7. The molecule has 1 heterocycles. The van der Waals surface area contributed by atoms with Crippen molar-refractivity contribution in [3.05, 3.63) is 0 Å². The fraction of sp³-hybridized carbons (Fsp3) is 0.933. The normalized spacial score (nSPS) is 19.5. The highest BCUT2D eigenvalue weighted by molar-refractivity contribution is 5.98. The Morgan fingerprint density at radius 3 is 2.79 bits per heavy atom. The molecule has 0 radical (unpaired) electrons.